The normalized spacial score (nSPS) is 11.9. The number of anilines is 2. The van der Waals surface area contributed by atoms with Crippen molar-refractivity contribution in [3.8, 4) is 11.5 Å². The number of benzene rings is 6. The van der Waals surface area contributed by atoms with Gasteiger partial charge in [-0.05, 0) is 110 Å². The summed E-state index contributed by atoms with van der Waals surface area (Å²) < 4.78 is 79.6. The lowest BCUT2D eigenvalue weighted by Crippen LogP contribution is -2.19. The number of rotatable bonds is 12. The van der Waals surface area contributed by atoms with Crippen LogP contribution >= 0.6 is 0 Å². The number of nitrogens with zero attached hydrogens (tertiary/aromatic N) is 4. The number of aromatic hydroxyl groups is 2. The third-order valence-corrected chi connectivity index (χ3v) is 10.2. The van der Waals surface area contributed by atoms with E-state index in [9.17, 15) is 50.5 Å². The molecular formula is C39H32N6O13S2. The fourth-order valence-corrected chi connectivity index (χ4v) is 7.09. The molecule has 6 rings (SSSR count). The number of azo groups is 2. The summed E-state index contributed by atoms with van der Waals surface area (Å²) in [7, 11) is -10.0. The van der Waals surface area contributed by atoms with Gasteiger partial charge in [-0.15, -0.1) is 10.2 Å². The maximum atomic E-state index is 13.1. The second-order valence-corrected chi connectivity index (χ2v) is 15.3. The van der Waals surface area contributed by atoms with E-state index in [1.54, 1.807) is 13.8 Å². The number of carbonyl (C=O) groups is 3. The van der Waals surface area contributed by atoms with Crippen molar-refractivity contribution in [2.24, 2.45) is 20.5 Å². The number of ether oxygens (including phenoxy) is 2. The summed E-state index contributed by atoms with van der Waals surface area (Å²) >= 11 is 0. The van der Waals surface area contributed by atoms with Gasteiger partial charge >= 0.3 is 18.0 Å². The highest BCUT2D eigenvalue weighted by Gasteiger charge is 2.24. The van der Waals surface area contributed by atoms with Crippen LogP contribution in [-0.2, 0) is 29.7 Å². The van der Waals surface area contributed by atoms with Crippen LogP contribution in [-0.4, -0.2) is 67.3 Å². The third-order valence-electron chi connectivity index (χ3n) is 8.42. The number of phenolic OH excluding ortho intramolecular Hbond substituents is 2. The van der Waals surface area contributed by atoms with Crippen LogP contribution < -0.4 is 10.6 Å². The van der Waals surface area contributed by atoms with Crippen LogP contribution in [0.5, 0.6) is 11.5 Å². The lowest BCUT2D eigenvalue weighted by Gasteiger charge is -2.13. The molecule has 0 saturated carbocycles. The lowest BCUT2D eigenvalue weighted by atomic mass is 10.1. The van der Waals surface area contributed by atoms with Crippen LogP contribution in [0, 0.1) is 0 Å². The number of esters is 2. The summed E-state index contributed by atoms with van der Waals surface area (Å²) in [6, 6.07) is 20.7. The third kappa shape index (κ3) is 9.51. The van der Waals surface area contributed by atoms with Crippen molar-refractivity contribution in [1.29, 1.82) is 0 Å². The summed E-state index contributed by atoms with van der Waals surface area (Å²) in [5, 5.41) is 43.0. The second kappa shape index (κ2) is 17.3. The quantitative estimate of drug-likeness (QED) is 0.0382. The molecule has 60 heavy (non-hydrogen) atoms. The van der Waals surface area contributed by atoms with Crippen molar-refractivity contribution < 1.29 is 60.0 Å². The summed E-state index contributed by atoms with van der Waals surface area (Å²) in [6.07, 6.45) is 0. The van der Waals surface area contributed by atoms with Crippen molar-refractivity contribution in [3.63, 3.8) is 0 Å². The molecule has 0 fully saturated rings. The Labute approximate surface area is 340 Å². The molecule has 21 heteroatoms. The Balaban J connectivity index is 1.25. The smallest absolute Gasteiger partial charge is 0.338 e. The molecule has 0 aliphatic carbocycles. The largest absolute Gasteiger partial charge is 0.505 e. The minimum Gasteiger partial charge on any atom is -0.505 e. The van der Waals surface area contributed by atoms with Gasteiger partial charge in [-0.1, -0.05) is 12.1 Å². The highest BCUT2D eigenvalue weighted by molar-refractivity contribution is 7.86. The van der Waals surface area contributed by atoms with Gasteiger partial charge in [0.25, 0.3) is 20.2 Å². The number of fused-ring (bicyclic) bond motifs is 2. The minimum absolute atomic E-state index is 0.0553. The first-order chi connectivity index (χ1) is 28.5. The number of phenols is 2. The van der Waals surface area contributed by atoms with Crippen LogP contribution in [0.25, 0.3) is 21.5 Å². The highest BCUT2D eigenvalue weighted by atomic mass is 32.2. The molecule has 0 unspecified atom stereocenters. The number of urea groups is 1. The van der Waals surface area contributed by atoms with Crippen LogP contribution in [0.4, 0.5) is 38.9 Å². The fraction of sp³-hybridized carbons (Fsp3) is 0.103. The predicted octanol–water partition coefficient (Wildman–Crippen LogP) is 8.73. The fourth-order valence-electron chi connectivity index (χ4n) is 5.77. The SMILES string of the molecule is CCOC(=O)c1cccc(N=Nc2c(S(=O)(=O)O)cc3cc(NC(=O)Nc4ccc5c(O)c(N=Nc6cccc(C(=O)OCC)c6)c(S(=O)(=O)O)cc5c4)ccc3c2O)c1. The predicted molar refractivity (Wildman–Crippen MR) is 217 cm³/mol. The van der Waals surface area contributed by atoms with E-state index < -0.39 is 70.9 Å². The van der Waals surface area contributed by atoms with Crippen LogP contribution in [0.15, 0.2) is 127 Å². The molecule has 308 valence electrons. The first-order valence-corrected chi connectivity index (χ1v) is 20.3. The zero-order valence-corrected chi connectivity index (χ0v) is 32.9. The molecule has 19 nitrogen and oxygen atoms in total. The molecule has 0 aliphatic rings. The van der Waals surface area contributed by atoms with Gasteiger partial charge in [-0.25, -0.2) is 14.4 Å². The van der Waals surface area contributed by atoms with Gasteiger partial charge in [0.1, 0.15) is 21.2 Å². The van der Waals surface area contributed by atoms with Crippen molar-refractivity contribution >= 4 is 93.9 Å². The Morgan fingerprint density at radius 3 is 1.33 bits per heavy atom. The topological polar surface area (TPSA) is 292 Å². The van der Waals surface area contributed by atoms with Crippen molar-refractivity contribution in [2.75, 3.05) is 23.8 Å². The molecule has 0 aliphatic heterocycles. The Hall–Kier alpha value is -7.33. The molecule has 0 spiro atoms. The molecule has 6 N–H and O–H groups in total. The van der Waals surface area contributed by atoms with Crippen LogP contribution in [0.3, 0.4) is 0 Å². The van der Waals surface area contributed by atoms with Crippen molar-refractivity contribution in [2.45, 2.75) is 23.6 Å². The first kappa shape index (κ1) is 42.3. The van der Waals surface area contributed by atoms with Gasteiger partial charge in [-0.2, -0.15) is 27.1 Å². The molecule has 6 aromatic carbocycles. The summed E-state index contributed by atoms with van der Waals surface area (Å²) in [6.45, 7) is 3.53. The Morgan fingerprint density at radius 2 is 0.967 bits per heavy atom. The van der Waals surface area contributed by atoms with Gasteiger partial charge in [-0.3, -0.25) is 9.11 Å². The second-order valence-electron chi connectivity index (χ2n) is 12.5. The summed E-state index contributed by atoms with van der Waals surface area (Å²) in [4.78, 5) is 35.7. The van der Waals surface area contributed by atoms with Gasteiger partial charge in [0.15, 0.2) is 11.5 Å². The van der Waals surface area contributed by atoms with E-state index in [1.807, 2.05) is 0 Å². The standard InChI is InChI=1S/C39H32N6O13S2/c1-3-57-37(48)21-7-5-9-27(15-21)42-44-33-31(59(51,52)53)19-23-17-25(11-13-29(23)35(33)46)40-39(50)41-26-12-14-30-24(18-26)20-32(60(54,55)56)34(36(30)47)45-43-28-10-6-8-22(16-28)38(49)58-4-2/h5-20,46-47H,3-4H2,1-2H3,(H2,40,41,50)(H,51,52,53)(H,54,55,56). The molecule has 0 aromatic heterocycles. The zero-order valence-electron chi connectivity index (χ0n) is 31.2. The van der Waals surface area contributed by atoms with Gasteiger partial charge in [0.2, 0.25) is 0 Å². The van der Waals surface area contributed by atoms with Crippen molar-refractivity contribution in [3.05, 3.63) is 108 Å². The van der Waals surface area contributed by atoms with E-state index in [2.05, 4.69) is 31.1 Å². The van der Waals surface area contributed by atoms with Crippen molar-refractivity contribution in [1.82, 2.24) is 0 Å². The van der Waals surface area contributed by atoms with Gasteiger partial charge in [0, 0.05) is 22.1 Å². The maximum Gasteiger partial charge on any atom is 0.338 e. The number of amides is 2. The van der Waals surface area contributed by atoms with E-state index in [0.29, 0.717) is 0 Å². The summed E-state index contributed by atoms with van der Waals surface area (Å²) in [5.74, 6) is -2.59. The minimum atomic E-state index is -5.00. The van der Waals surface area contributed by atoms with Crippen LogP contribution in [0.1, 0.15) is 34.6 Å². The molecule has 0 bridgehead atoms. The zero-order chi connectivity index (χ0) is 43.4. The van der Waals surface area contributed by atoms with E-state index in [0.717, 1.165) is 12.1 Å². The molecule has 0 saturated heterocycles. The lowest BCUT2D eigenvalue weighted by molar-refractivity contribution is 0.0517. The Bertz CT molecular complexity index is 2810. The number of carbonyl (C=O) groups excluding carboxylic acids is 3. The van der Waals surface area contributed by atoms with E-state index in [-0.39, 0.29) is 68.6 Å². The number of hydrogen-bond donors (Lipinski definition) is 6. The van der Waals surface area contributed by atoms with E-state index in [4.69, 9.17) is 9.47 Å². The summed E-state index contributed by atoms with van der Waals surface area (Å²) in [5.41, 5.74) is -0.489. The number of nitrogens with one attached hydrogen (secondary N) is 2. The van der Waals surface area contributed by atoms with Gasteiger partial charge < -0.3 is 30.3 Å². The first-order valence-electron chi connectivity index (χ1n) is 17.5. The maximum absolute atomic E-state index is 13.1. The molecule has 2 amide bonds. The number of hydrogen-bond acceptors (Lipinski definition) is 15. The van der Waals surface area contributed by atoms with E-state index in [1.165, 1.54) is 84.9 Å². The molecular weight excluding hydrogens is 825 g/mol. The Morgan fingerprint density at radius 1 is 0.567 bits per heavy atom. The average Bonchev–Trinajstić information content (AvgIpc) is 3.19. The monoisotopic (exact) mass is 856 g/mol. The average molecular weight is 857 g/mol. The van der Waals surface area contributed by atoms with E-state index >= 15 is 0 Å². The molecule has 6 aromatic rings. The van der Waals surface area contributed by atoms with Crippen LogP contribution in [0.2, 0.25) is 0 Å². The molecule has 0 radical (unpaired) electrons. The Kier molecular flexibility index (Phi) is 12.2. The highest BCUT2D eigenvalue weighted by Crippen LogP contribution is 2.43. The molecule has 0 heterocycles. The molecule has 0 atom stereocenters. The van der Waals surface area contributed by atoms with Gasteiger partial charge in [0.05, 0.1) is 35.7 Å².